The molecule has 11 heteroatoms. The number of sulfonamides is 1. The first-order valence-corrected chi connectivity index (χ1v) is 13.9. The summed E-state index contributed by atoms with van der Waals surface area (Å²) in [4.78, 5) is 17.7. The molecule has 4 aromatic rings. The lowest BCUT2D eigenvalue weighted by Gasteiger charge is -2.07. The third-order valence-electron chi connectivity index (χ3n) is 4.37. The summed E-state index contributed by atoms with van der Waals surface area (Å²) >= 11 is 3.86. The van der Waals surface area contributed by atoms with Crippen molar-refractivity contribution in [2.75, 3.05) is 22.9 Å². The predicted molar refractivity (Wildman–Crippen MR) is 135 cm³/mol. The minimum atomic E-state index is -3.58. The Morgan fingerprint density at radius 3 is 2.58 bits per heavy atom. The molecule has 0 spiro atoms. The molecular formula is C22H19N3O4S4. The first kappa shape index (κ1) is 23.3. The molecule has 0 atom stereocenters. The standard InChI is InChI=1S/C22H19N3O4S4/c1-29-19-6-3-2-5-17(19)18-13-32-22(23-18)24-20(26)14-31-16-10-8-15(9-11-16)25-33(27,28)21-7-4-12-30-21/h2-13,25H,14H2,1H3,(H,23,24,26). The fourth-order valence-corrected chi connectivity index (χ4v) is 6.33. The number of amides is 1. The number of para-hydroxylation sites is 1. The number of aromatic nitrogens is 1. The molecule has 0 fully saturated rings. The third-order valence-corrected chi connectivity index (χ3v) is 8.92. The van der Waals surface area contributed by atoms with Crippen LogP contribution in [0.4, 0.5) is 10.8 Å². The van der Waals surface area contributed by atoms with Crippen LogP contribution in [-0.4, -0.2) is 32.2 Å². The highest BCUT2D eigenvalue weighted by Gasteiger charge is 2.15. The number of anilines is 2. The van der Waals surface area contributed by atoms with E-state index in [1.54, 1.807) is 48.9 Å². The number of carbonyl (C=O) groups excluding carboxylic acids is 1. The summed E-state index contributed by atoms with van der Waals surface area (Å²) in [7, 11) is -1.97. The maximum absolute atomic E-state index is 12.4. The van der Waals surface area contributed by atoms with E-state index >= 15 is 0 Å². The highest BCUT2D eigenvalue weighted by molar-refractivity contribution is 8.00. The Morgan fingerprint density at radius 2 is 1.85 bits per heavy atom. The molecule has 1 amide bonds. The van der Waals surface area contributed by atoms with Crippen LogP contribution in [0, 0.1) is 0 Å². The Bertz CT molecular complexity index is 1330. The maximum atomic E-state index is 12.4. The zero-order chi connectivity index (χ0) is 23.3. The molecule has 170 valence electrons. The molecule has 2 heterocycles. The van der Waals surface area contributed by atoms with Gasteiger partial charge in [-0.2, -0.15) is 0 Å². The maximum Gasteiger partial charge on any atom is 0.271 e. The van der Waals surface area contributed by atoms with Gasteiger partial charge in [-0.05, 0) is 47.8 Å². The average molecular weight is 518 g/mol. The number of hydrogen-bond acceptors (Lipinski definition) is 8. The van der Waals surface area contributed by atoms with Crippen LogP contribution in [0.15, 0.2) is 80.5 Å². The normalized spacial score (nSPS) is 11.2. The average Bonchev–Trinajstić information content (AvgIpc) is 3.51. The lowest BCUT2D eigenvalue weighted by atomic mass is 10.1. The van der Waals surface area contributed by atoms with Crippen molar-refractivity contribution >= 4 is 61.2 Å². The minimum absolute atomic E-state index is 0.177. The topological polar surface area (TPSA) is 97.4 Å². The Kier molecular flexibility index (Phi) is 7.33. The summed E-state index contributed by atoms with van der Waals surface area (Å²) in [5.74, 6) is 0.741. The lowest BCUT2D eigenvalue weighted by Crippen LogP contribution is -2.13. The van der Waals surface area contributed by atoms with Crippen molar-refractivity contribution in [1.29, 1.82) is 0 Å². The number of rotatable bonds is 9. The number of thiazole rings is 1. The van der Waals surface area contributed by atoms with Crippen molar-refractivity contribution in [1.82, 2.24) is 4.98 Å². The highest BCUT2D eigenvalue weighted by Crippen LogP contribution is 2.32. The van der Waals surface area contributed by atoms with Crippen molar-refractivity contribution in [3.05, 3.63) is 71.4 Å². The predicted octanol–water partition coefficient (Wildman–Crippen LogP) is 5.41. The molecular weight excluding hydrogens is 499 g/mol. The number of methoxy groups -OCH3 is 1. The summed E-state index contributed by atoms with van der Waals surface area (Å²) in [5, 5.41) is 6.91. The monoisotopic (exact) mass is 517 g/mol. The van der Waals surface area contributed by atoms with Crippen LogP contribution in [0.5, 0.6) is 5.75 Å². The van der Waals surface area contributed by atoms with Crippen LogP contribution in [0.1, 0.15) is 0 Å². The summed E-state index contributed by atoms with van der Waals surface area (Å²) in [5.41, 5.74) is 2.06. The van der Waals surface area contributed by atoms with Crippen molar-refractivity contribution in [3.8, 4) is 17.0 Å². The molecule has 0 aliphatic rings. The number of nitrogens with one attached hydrogen (secondary N) is 2. The van der Waals surface area contributed by atoms with Gasteiger partial charge in [0.1, 0.15) is 9.96 Å². The molecule has 4 rings (SSSR count). The van der Waals surface area contributed by atoms with Gasteiger partial charge in [-0.3, -0.25) is 9.52 Å². The second kappa shape index (κ2) is 10.4. The van der Waals surface area contributed by atoms with E-state index in [0.717, 1.165) is 33.2 Å². The van der Waals surface area contributed by atoms with E-state index in [1.807, 2.05) is 29.6 Å². The van der Waals surface area contributed by atoms with Crippen molar-refractivity contribution in [2.24, 2.45) is 0 Å². The van der Waals surface area contributed by atoms with E-state index in [9.17, 15) is 13.2 Å². The second-order valence-electron chi connectivity index (χ2n) is 6.64. The molecule has 7 nitrogen and oxygen atoms in total. The van der Waals surface area contributed by atoms with E-state index in [1.165, 1.54) is 23.1 Å². The SMILES string of the molecule is COc1ccccc1-c1csc(NC(=O)CSc2ccc(NS(=O)(=O)c3cccs3)cc2)n1. The molecule has 0 bridgehead atoms. The van der Waals surface area contributed by atoms with Crippen molar-refractivity contribution < 1.29 is 17.9 Å². The number of nitrogens with zero attached hydrogens (tertiary/aromatic N) is 1. The van der Waals surface area contributed by atoms with Gasteiger partial charge in [-0.1, -0.05) is 18.2 Å². The van der Waals surface area contributed by atoms with Crippen molar-refractivity contribution in [3.63, 3.8) is 0 Å². The molecule has 0 radical (unpaired) electrons. The number of thiophene rings is 1. The lowest BCUT2D eigenvalue weighted by molar-refractivity contribution is -0.113. The van der Waals surface area contributed by atoms with Crippen LogP contribution >= 0.6 is 34.4 Å². The highest BCUT2D eigenvalue weighted by atomic mass is 32.2. The summed E-state index contributed by atoms with van der Waals surface area (Å²) in [6, 6.07) is 17.7. The van der Waals surface area contributed by atoms with Gasteiger partial charge in [0.15, 0.2) is 5.13 Å². The van der Waals surface area contributed by atoms with Gasteiger partial charge < -0.3 is 10.1 Å². The van der Waals surface area contributed by atoms with Crippen LogP contribution in [0.3, 0.4) is 0 Å². The van der Waals surface area contributed by atoms with E-state index in [2.05, 4.69) is 15.0 Å². The van der Waals surface area contributed by atoms with E-state index in [-0.39, 0.29) is 15.9 Å². The molecule has 0 unspecified atom stereocenters. The second-order valence-corrected chi connectivity index (χ2v) is 11.4. The zero-order valence-electron chi connectivity index (χ0n) is 17.3. The molecule has 33 heavy (non-hydrogen) atoms. The molecule has 2 N–H and O–H groups in total. The molecule has 0 saturated carbocycles. The minimum Gasteiger partial charge on any atom is -0.496 e. The van der Waals surface area contributed by atoms with Gasteiger partial charge >= 0.3 is 0 Å². The molecule has 0 aliphatic carbocycles. The fraction of sp³-hybridized carbons (Fsp3) is 0.0909. The zero-order valence-corrected chi connectivity index (χ0v) is 20.6. The first-order chi connectivity index (χ1) is 15.9. The number of thioether (sulfide) groups is 1. The van der Waals surface area contributed by atoms with Gasteiger partial charge in [-0.15, -0.1) is 34.4 Å². The third kappa shape index (κ3) is 5.93. The Labute approximate surface area is 203 Å². The Hall–Kier alpha value is -2.86. The van der Waals surface area contributed by atoms with Gasteiger partial charge in [0.25, 0.3) is 10.0 Å². The van der Waals surface area contributed by atoms with Crippen LogP contribution in [0.2, 0.25) is 0 Å². The molecule has 2 aromatic carbocycles. The van der Waals surface area contributed by atoms with Crippen molar-refractivity contribution in [2.45, 2.75) is 9.10 Å². The van der Waals surface area contributed by atoms with E-state index in [0.29, 0.717) is 10.8 Å². The number of hydrogen-bond donors (Lipinski definition) is 2. The van der Waals surface area contributed by atoms with Crippen LogP contribution < -0.4 is 14.8 Å². The molecule has 2 aromatic heterocycles. The fourth-order valence-electron chi connectivity index (χ4n) is 2.86. The number of benzene rings is 2. The number of carbonyl (C=O) groups is 1. The summed E-state index contributed by atoms with van der Waals surface area (Å²) < 4.78 is 32.8. The smallest absolute Gasteiger partial charge is 0.271 e. The number of ether oxygens (including phenoxy) is 1. The quantitative estimate of drug-likeness (QED) is 0.288. The van der Waals surface area contributed by atoms with E-state index in [4.69, 9.17) is 4.74 Å². The van der Waals surface area contributed by atoms with Gasteiger partial charge in [0, 0.05) is 21.5 Å². The first-order valence-electron chi connectivity index (χ1n) is 9.62. The summed E-state index contributed by atoms with van der Waals surface area (Å²) in [6.45, 7) is 0. The molecule has 0 aliphatic heterocycles. The van der Waals surface area contributed by atoms with E-state index < -0.39 is 10.0 Å². The Morgan fingerprint density at radius 1 is 1.06 bits per heavy atom. The molecule has 0 saturated heterocycles. The largest absolute Gasteiger partial charge is 0.496 e. The van der Waals surface area contributed by atoms with Gasteiger partial charge in [-0.25, -0.2) is 13.4 Å². The summed E-state index contributed by atoms with van der Waals surface area (Å²) in [6.07, 6.45) is 0. The van der Waals surface area contributed by atoms with Crippen LogP contribution in [0.25, 0.3) is 11.3 Å². The van der Waals surface area contributed by atoms with Gasteiger partial charge in [0.2, 0.25) is 5.91 Å². The Balaban J connectivity index is 1.31. The van der Waals surface area contributed by atoms with Gasteiger partial charge in [0.05, 0.1) is 18.6 Å². The van der Waals surface area contributed by atoms with Crippen LogP contribution in [-0.2, 0) is 14.8 Å².